The molecule has 1 unspecified atom stereocenters. The molecule has 1 amide bonds. The molecule has 0 fully saturated rings. The Kier molecular flexibility index (Phi) is 9.89. The molecule has 0 radical (unpaired) electrons. The highest BCUT2D eigenvalue weighted by atomic mass is 32.2. The molecule has 0 saturated heterocycles. The fourth-order valence-corrected chi connectivity index (χ4v) is 3.53. The summed E-state index contributed by atoms with van der Waals surface area (Å²) in [7, 11) is 3.74. The summed E-state index contributed by atoms with van der Waals surface area (Å²) in [5.74, 6) is 0.822. The van der Waals surface area contributed by atoms with Crippen molar-refractivity contribution in [1.29, 1.82) is 0 Å². The van der Waals surface area contributed by atoms with E-state index in [0.29, 0.717) is 31.3 Å². The van der Waals surface area contributed by atoms with E-state index in [1.807, 2.05) is 38.2 Å². The third-order valence-electron chi connectivity index (χ3n) is 4.11. The lowest BCUT2D eigenvalue weighted by Crippen LogP contribution is -2.27. The standard InChI is InChI=1S/C19H30N6O3S/c1-15(29-19-21-22-23-25(19)3)12-18(27)20-8-5-11-28-17-7-4-6-16(13-17)14-24(2)9-10-26/h4,6-7,13,15,26H,5,8-12,14H2,1-3H3,(H,20,27). The number of benzene rings is 1. The SMILES string of the molecule is CC(CC(=O)NCCCOc1cccc(CN(C)CCO)c1)Sc1nnnn1C. The minimum atomic E-state index is 0.00838. The molecule has 1 atom stereocenters. The molecule has 1 aromatic carbocycles. The predicted octanol–water partition coefficient (Wildman–Crippen LogP) is 1.09. The molecule has 0 aliphatic rings. The first-order chi connectivity index (χ1) is 14.0. The summed E-state index contributed by atoms with van der Waals surface area (Å²) >= 11 is 1.48. The predicted molar refractivity (Wildman–Crippen MR) is 112 cm³/mol. The third-order valence-corrected chi connectivity index (χ3v) is 5.23. The van der Waals surface area contributed by atoms with Crippen molar-refractivity contribution < 1.29 is 14.6 Å². The summed E-state index contributed by atoms with van der Waals surface area (Å²) in [6.45, 7) is 4.62. The quantitative estimate of drug-likeness (QED) is 0.365. The molecule has 2 aromatic rings. The Morgan fingerprint density at radius 1 is 1.45 bits per heavy atom. The van der Waals surface area contributed by atoms with Gasteiger partial charge >= 0.3 is 0 Å². The molecule has 0 aliphatic carbocycles. The Labute approximate surface area is 175 Å². The number of hydrogen-bond acceptors (Lipinski definition) is 8. The Morgan fingerprint density at radius 2 is 2.28 bits per heavy atom. The number of nitrogens with zero attached hydrogens (tertiary/aromatic N) is 5. The number of likely N-dealkylation sites (N-methyl/N-ethyl adjacent to an activating group) is 1. The number of nitrogens with one attached hydrogen (secondary N) is 1. The molecule has 29 heavy (non-hydrogen) atoms. The molecular formula is C19H30N6O3S. The van der Waals surface area contributed by atoms with Crippen LogP contribution in [0.3, 0.4) is 0 Å². The van der Waals surface area contributed by atoms with Crippen LogP contribution >= 0.6 is 11.8 Å². The van der Waals surface area contributed by atoms with Gasteiger partial charge in [-0.2, -0.15) is 0 Å². The Hall–Kier alpha value is -2.17. The minimum Gasteiger partial charge on any atom is -0.494 e. The number of rotatable bonds is 13. The van der Waals surface area contributed by atoms with Gasteiger partial charge in [0.05, 0.1) is 13.2 Å². The summed E-state index contributed by atoms with van der Waals surface area (Å²) in [5, 5.41) is 24.0. The topological polar surface area (TPSA) is 105 Å². The van der Waals surface area contributed by atoms with Crippen LogP contribution in [0.4, 0.5) is 0 Å². The first-order valence-corrected chi connectivity index (χ1v) is 10.5. The molecule has 9 nitrogen and oxygen atoms in total. The zero-order valence-corrected chi connectivity index (χ0v) is 18.1. The summed E-state index contributed by atoms with van der Waals surface area (Å²) in [4.78, 5) is 14.1. The maximum absolute atomic E-state index is 12.1. The zero-order chi connectivity index (χ0) is 21.1. The van der Waals surface area contributed by atoms with Gasteiger partial charge in [-0.1, -0.05) is 30.8 Å². The van der Waals surface area contributed by atoms with Crippen molar-refractivity contribution in [3.05, 3.63) is 29.8 Å². The van der Waals surface area contributed by atoms with Crippen molar-refractivity contribution in [3.8, 4) is 5.75 Å². The molecule has 0 bridgehead atoms. The van der Waals surface area contributed by atoms with E-state index in [9.17, 15) is 4.79 Å². The fraction of sp³-hybridized carbons (Fsp3) is 0.579. The molecule has 0 spiro atoms. The summed E-state index contributed by atoms with van der Waals surface area (Å²) in [5.41, 5.74) is 1.14. The smallest absolute Gasteiger partial charge is 0.221 e. The Morgan fingerprint density at radius 3 is 3.00 bits per heavy atom. The summed E-state index contributed by atoms with van der Waals surface area (Å²) < 4.78 is 7.38. The van der Waals surface area contributed by atoms with E-state index in [-0.39, 0.29) is 17.8 Å². The average molecular weight is 423 g/mol. The van der Waals surface area contributed by atoms with Crippen molar-refractivity contribution in [2.75, 3.05) is 33.4 Å². The van der Waals surface area contributed by atoms with Crippen LogP contribution in [0, 0.1) is 0 Å². The highest BCUT2D eigenvalue weighted by molar-refractivity contribution is 7.99. The van der Waals surface area contributed by atoms with Crippen LogP contribution in [-0.4, -0.2) is 74.7 Å². The number of ether oxygens (including phenoxy) is 1. The molecule has 1 heterocycles. The molecule has 160 valence electrons. The van der Waals surface area contributed by atoms with Crippen molar-refractivity contribution in [2.45, 2.75) is 36.7 Å². The Balaban J connectivity index is 1.61. The largest absolute Gasteiger partial charge is 0.494 e. The van der Waals surface area contributed by atoms with Gasteiger partial charge in [-0.3, -0.25) is 9.69 Å². The van der Waals surface area contributed by atoms with Gasteiger partial charge in [-0.05, 0) is 41.6 Å². The van der Waals surface area contributed by atoms with Crippen molar-refractivity contribution >= 4 is 17.7 Å². The molecule has 2 rings (SSSR count). The van der Waals surface area contributed by atoms with Gasteiger partial charge in [0.15, 0.2) is 0 Å². The van der Waals surface area contributed by atoms with Crippen LogP contribution in [0.15, 0.2) is 29.4 Å². The van der Waals surface area contributed by atoms with Crippen LogP contribution in [0.1, 0.15) is 25.3 Å². The van der Waals surface area contributed by atoms with Gasteiger partial charge in [0.1, 0.15) is 5.75 Å². The lowest BCUT2D eigenvalue weighted by Gasteiger charge is -2.15. The average Bonchev–Trinajstić information content (AvgIpc) is 3.06. The first kappa shape index (κ1) is 23.1. The number of carbonyl (C=O) groups is 1. The lowest BCUT2D eigenvalue weighted by atomic mass is 10.2. The van der Waals surface area contributed by atoms with E-state index < -0.39 is 0 Å². The second kappa shape index (κ2) is 12.4. The number of amides is 1. The second-order valence-corrected chi connectivity index (χ2v) is 8.28. The highest BCUT2D eigenvalue weighted by Gasteiger charge is 2.13. The maximum atomic E-state index is 12.1. The summed E-state index contributed by atoms with van der Waals surface area (Å²) in [6, 6.07) is 7.93. The van der Waals surface area contributed by atoms with Gasteiger partial charge in [0.25, 0.3) is 0 Å². The van der Waals surface area contributed by atoms with Gasteiger partial charge in [-0.25, -0.2) is 4.68 Å². The van der Waals surface area contributed by atoms with E-state index in [4.69, 9.17) is 9.84 Å². The molecule has 0 saturated carbocycles. The number of aliphatic hydroxyl groups is 1. The van der Waals surface area contributed by atoms with E-state index >= 15 is 0 Å². The van der Waals surface area contributed by atoms with Crippen molar-refractivity contribution in [2.24, 2.45) is 7.05 Å². The number of carbonyl (C=O) groups excluding carboxylic acids is 1. The molecule has 0 aliphatic heterocycles. The van der Waals surface area contributed by atoms with Gasteiger partial charge in [0, 0.05) is 38.4 Å². The monoisotopic (exact) mass is 422 g/mol. The van der Waals surface area contributed by atoms with E-state index in [0.717, 1.165) is 24.3 Å². The van der Waals surface area contributed by atoms with Gasteiger partial charge in [0.2, 0.25) is 11.1 Å². The maximum Gasteiger partial charge on any atom is 0.221 e. The van der Waals surface area contributed by atoms with Gasteiger partial charge in [-0.15, -0.1) is 5.10 Å². The number of hydrogen-bond donors (Lipinski definition) is 2. The van der Waals surface area contributed by atoms with Crippen LogP contribution in [0.2, 0.25) is 0 Å². The number of thioether (sulfide) groups is 1. The normalized spacial score (nSPS) is 12.2. The number of aliphatic hydroxyl groups excluding tert-OH is 1. The van der Waals surface area contributed by atoms with Crippen LogP contribution < -0.4 is 10.1 Å². The van der Waals surface area contributed by atoms with E-state index in [2.05, 4.69) is 25.7 Å². The molecule has 2 N–H and O–H groups in total. The van der Waals surface area contributed by atoms with Crippen LogP contribution in [-0.2, 0) is 18.4 Å². The second-order valence-electron chi connectivity index (χ2n) is 6.88. The fourth-order valence-electron chi connectivity index (χ4n) is 2.66. The Bertz CT molecular complexity index is 757. The van der Waals surface area contributed by atoms with Crippen LogP contribution in [0.5, 0.6) is 5.75 Å². The van der Waals surface area contributed by atoms with Gasteiger partial charge < -0.3 is 15.2 Å². The number of aryl methyl sites for hydroxylation is 1. The van der Waals surface area contributed by atoms with E-state index in [1.54, 1.807) is 11.7 Å². The summed E-state index contributed by atoms with van der Waals surface area (Å²) in [6.07, 6.45) is 1.14. The first-order valence-electron chi connectivity index (χ1n) is 9.64. The van der Waals surface area contributed by atoms with Crippen LogP contribution in [0.25, 0.3) is 0 Å². The number of aromatic nitrogens is 4. The molecule has 10 heteroatoms. The van der Waals surface area contributed by atoms with Crippen molar-refractivity contribution in [3.63, 3.8) is 0 Å². The minimum absolute atomic E-state index is 0.00838. The molecular weight excluding hydrogens is 392 g/mol. The lowest BCUT2D eigenvalue weighted by molar-refractivity contribution is -0.121. The number of tetrazole rings is 1. The molecule has 1 aromatic heterocycles. The van der Waals surface area contributed by atoms with E-state index in [1.165, 1.54) is 11.8 Å². The highest BCUT2D eigenvalue weighted by Crippen LogP contribution is 2.21. The van der Waals surface area contributed by atoms with Crippen molar-refractivity contribution in [1.82, 2.24) is 30.4 Å². The third kappa shape index (κ3) is 8.80. The zero-order valence-electron chi connectivity index (χ0n) is 17.2.